The molecule has 1 unspecified atom stereocenters. The molecule has 1 aliphatic rings. The van der Waals surface area contributed by atoms with Crippen LogP contribution in [0, 0.1) is 5.21 Å². The molecule has 1 N–H and O–H groups in total. The Balaban J connectivity index is 2.13. The van der Waals surface area contributed by atoms with Gasteiger partial charge in [0, 0.05) is 0 Å². The Morgan fingerprint density at radius 2 is 2.10 bits per heavy atom. The summed E-state index contributed by atoms with van der Waals surface area (Å²) in [6, 6.07) is 6.79. The predicted octanol–water partition coefficient (Wildman–Crippen LogP) is 2.43. The number of aromatic nitrogens is 2. The van der Waals surface area contributed by atoms with Gasteiger partial charge in [-0.1, -0.05) is 12.1 Å². The molecule has 1 amide bonds. The molecule has 20 heavy (non-hydrogen) atoms. The number of benzene rings is 1. The summed E-state index contributed by atoms with van der Waals surface area (Å²) in [6.45, 7) is 1.76. The number of para-hydroxylation sites is 2. The summed E-state index contributed by atoms with van der Waals surface area (Å²) in [5, 5.41) is 15.8. The maximum Gasteiger partial charge on any atom is 0.412 e. The minimum Gasteiger partial charge on any atom is -0.758 e. The second-order valence-electron chi connectivity index (χ2n) is 4.46. The van der Waals surface area contributed by atoms with Gasteiger partial charge in [0.05, 0.1) is 30.2 Å². The van der Waals surface area contributed by atoms with Crippen molar-refractivity contribution >= 4 is 17.6 Å². The first-order valence-electron chi connectivity index (χ1n) is 6.11. The third kappa shape index (κ3) is 1.71. The third-order valence-electron chi connectivity index (χ3n) is 3.34. The van der Waals surface area contributed by atoms with Crippen LogP contribution in [0.3, 0.4) is 0 Å². The molecule has 0 aliphatic carbocycles. The molecule has 7 nitrogen and oxygen atoms in total. The molecule has 7 heteroatoms. The van der Waals surface area contributed by atoms with E-state index in [0.717, 1.165) is 10.8 Å². The summed E-state index contributed by atoms with van der Waals surface area (Å²) in [5.74, 6) is 0.333. The number of ether oxygens (including phenoxy) is 1. The van der Waals surface area contributed by atoms with Crippen LogP contribution in [0.15, 0.2) is 30.6 Å². The number of fused-ring (bicyclic) bond motifs is 3. The molecule has 0 bridgehead atoms. The number of hydrogen-bond donors (Lipinski definition) is 1. The second kappa shape index (κ2) is 4.53. The van der Waals surface area contributed by atoms with Gasteiger partial charge in [-0.3, -0.25) is 9.88 Å². The molecule has 104 valence electrons. The normalized spacial score (nSPS) is 16.4. The van der Waals surface area contributed by atoms with Crippen LogP contribution in [0.2, 0.25) is 0 Å². The zero-order chi connectivity index (χ0) is 14.3. The number of carbonyl (C=O) groups excluding carboxylic acids is 1. The first-order chi connectivity index (χ1) is 9.63. The van der Waals surface area contributed by atoms with Crippen molar-refractivity contribution < 1.29 is 9.53 Å². The molecule has 1 aliphatic heterocycles. The maximum absolute atomic E-state index is 12.3. The lowest BCUT2D eigenvalue weighted by Crippen LogP contribution is -2.28. The van der Waals surface area contributed by atoms with Gasteiger partial charge in [0.15, 0.2) is 5.82 Å². The van der Waals surface area contributed by atoms with E-state index in [-0.39, 0.29) is 0 Å². The standard InChI is InChI=1S/C13H13N4O3/c1-8-11-12(15-13(18)20-2)14-7-16(11)9-5-3-4-6-10(9)17(8)19/h3-8H,1-2H3,(H,15,18)/q-1. The average Bonchev–Trinajstić information content (AvgIpc) is 2.88. The minimum atomic E-state index is -0.616. The zero-order valence-electron chi connectivity index (χ0n) is 11.0. The molecule has 0 radical (unpaired) electrons. The van der Waals surface area contributed by atoms with Crippen molar-refractivity contribution in [2.24, 2.45) is 0 Å². The van der Waals surface area contributed by atoms with E-state index in [2.05, 4.69) is 15.0 Å². The van der Waals surface area contributed by atoms with Crippen molar-refractivity contribution in [2.75, 3.05) is 17.5 Å². The summed E-state index contributed by atoms with van der Waals surface area (Å²) in [4.78, 5) is 15.5. The summed E-state index contributed by atoms with van der Waals surface area (Å²) >= 11 is 0. The molecule has 2 aromatic rings. The van der Waals surface area contributed by atoms with Crippen LogP contribution in [0.1, 0.15) is 18.7 Å². The number of nitrogens with zero attached hydrogens (tertiary/aromatic N) is 3. The zero-order valence-corrected chi connectivity index (χ0v) is 11.0. The van der Waals surface area contributed by atoms with Crippen molar-refractivity contribution in [3.63, 3.8) is 0 Å². The van der Waals surface area contributed by atoms with Crippen molar-refractivity contribution in [1.82, 2.24) is 9.55 Å². The SMILES string of the molecule is COC(=O)Nc1ncn2c1C(C)N([O-])c1ccccc1-2. The Bertz CT molecular complexity index is 667. The van der Waals surface area contributed by atoms with Crippen LogP contribution in [0.25, 0.3) is 5.69 Å². The van der Waals surface area contributed by atoms with Gasteiger partial charge in [-0.2, -0.15) is 0 Å². The highest BCUT2D eigenvalue weighted by Crippen LogP contribution is 2.40. The number of hydrogen-bond acceptors (Lipinski definition) is 5. The van der Waals surface area contributed by atoms with Gasteiger partial charge < -0.3 is 15.0 Å². The highest BCUT2D eigenvalue weighted by molar-refractivity contribution is 5.85. The number of imidazole rings is 1. The lowest BCUT2D eigenvalue weighted by atomic mass is 10.1. The fourth-order valence-corrected chi connectivity index (χ4v) is 2.37. The van der Waals surface area contributed by atoms with E-state index in [9.17, 15) is 10.0 Å². The summed E-state index contributed by atoms with van der Waals surface area (Å²) in [6.07, 6.45) is 0.971. The van der Waals surface area contributed by atoms with Crippen LogP contribution in [-0.4, -0.2) is 22.8 Å². The number of anilines is 2. The number of hydroxylamine groups is 1. The molecule has 0 saturated carbocycles. The number of rotatable bonds is 1. The van der Waals surface area contributed by atoms with E-state index in [1.165, 1.54) is 7.11 Å². The Morgan fingerprint density at radius 1 is 1.40 bits per heavy atom. The van der Waals surface area contributed by atoms with Crippen molar-refractivity contribution in [1.29, 1.82) is 0 Å². The van der Waals surface area contributed by atoms with Crippen molar-refractivity contribution in [3.05, 3.63) is 41.5 Å². The molecule has 1 aromatic carbocycles. The van der Waals surface area contributed by atoms with E-state index in [4.69, 9.17) is 0 Å². The quantitative estimate of drug-likeness (QED) is 0.862. The Labute approximate surface area is 115 Å². The van der Waals surface area contributed by atoms with E-state index in [0.29, 0.717) is 17.2 Å². The van der Waals surface area contributed by atoms with Gasteiger partial charge in [0.2, 0.25) is 0 Å². The summed E-state index contributed by atoms with van der Waals surface area (Å²) in [7, 11) is 1.27. The predicted molar refractivity (Wildman–Crippen MR) is 73.9 cm³/mol. The summed E-state index contributed by atoms with van der Waals surface area (Å²) < 4.78 is 6.36. The fraction of sp³-hybridized carbons (Fsp3) is 0.231. The number of amides is 1. The van der Waals surface area contributed by atoms with Crippen LogP contribution in [-0.2, 0) is 4.74 Å². The Hall–Kier alpha value is -2.54. The monoisotopic (exact) mass is 273 g/mol. The van der Waals surface area contributed by atoms with E-state index in [1.54, 1.807) is 23.9 Å². The van der Waals surface area contributed by atoms with Crippen molar-refractivity contribution in [3.8, 4) is 5.69 Å². The lowest BCUT2D eigenvalue weighted by Gasteiger charge is -2.42. The number of methoxy groups -OCH3 is 1. The highest BCUT2D eigenvalue weighted by Gasteiger charge is 2.27. The maximum atomic E-state index is 12.3. The van der Waals surface area contributed by atoms with Gasteiger partial charge in [-0.05, 0) is 19.1 Å². The first kappa shape index (κ1) is 12.5. The van der Waals surface area contributed by atoms with Crippen LogP contribution < -0.4 is 10.4 Å². The minimum absolute atomic E-state index is 0.333. The molecule has 2 heterocycles. The average molecular weight is 273 g/mol. The molecular formula is C13H13N4O3-. The van der Waals surface area contributed by atoms with Gasteiger partial charge in [-0.15, -0.1) is 0 Å². The number of nitrogens with one attached hydrogen (secondary N) is 1. The van der Waals surface area contributed by atoms with Gasteiger partial charge >= 0.3 is 6.09 Å². The van der Waals surface area contributed by atoms with Gasteiger partial charge in [0.25, 0.3) is 0 Å². The van der Waals surface area contributed by atoms with Gasteiger partial charge in [-0.25, -0.2) is 9.78 Å². The van der Waals surface area contributed by atoms with Crippen LogP contribution in [0.4, 0.5) is 16.3 Å². The highest BCUT2D eigenvalue weighted by atomic mass is 16.5. The first-order valence-corrected chi connectivity index (χ1v) is 6.11. The van der Waals surface area contributed by atoms with Gasteiger partial charge in [0.1, 0.15) is 6.33 Å². The molecule has 0 saturated heterocycles. The third-order valence-corrected chi connectivity index (χ3v) is 3.34. The van der Waals surface area contributed by atoms with E-state index in [1.807, 2.05) is 18.2 Å². The van der Waals surface area contributed by atoms with E-state index >= 15 is 0 Å². The molecule has 0 spiro atoms. The number of carbonyl (C=O) groups is 1. The Kier molecular flexibility index (Phi) is 2.83. The molecule has 1 atom stereocenters. The largest absolute Gasteiger partial charge is 0.758 e. The molecule has 3 rings (SSSR count). The van der Waals surface area contributed by atoms with E-state index < -0.39 is 12.1 Å². The topological polar surface area (TPSA) is 82.5 Å². The molecular weight excluding hydrogens is 260 g/mol. The summed E-state index contributed by atoms with van der Waals surface area (Å²) in [5.41, 5.74) is 1.94. The molecule has 0 fully saturated rings. The van der Waals surface area contributed by atoms with Crippen molar-refractivity contribution in [2.45, 2.75) is 13.0 Å². The van der Waals surface area contributed by atoms with Crippen LogP contribution in [0.5, 0.6) is 0 Å². The fourth-order valence-electron chi connectivity index (χ4n) is 2.37. The second-order valence-corrected chi connectivity index (χ2v) is 4.46. The lowest BCUT2D eigenvalue weighted by molar-refractivity contribution is 0.187. The Morgan fingerprint density at radius 3 is 2.80 bits per heavy atom. The van der Waals surface area contributed by atoms with Crippen LogP contribution >= 0.6 is 0 Å². The molecule has 1 aromatic heterocycles. The smallest absolute Gasteiger partial charge is 0.412 e.